The molecule has 112 valence electrons. The van der Waals surface area contributed by atoms with Crippen molar-refractivity contribution in [2.24, 2.45) is 0 Å². The van der Waals surface area contributed by atoms with Gasteiger partial charge in [0.1, 0.15) is 5.76 Å². The van der Waals surface area contributed by atoms with Crippen LogP contribution in [-0.2, 0) is 5.41 Å². The minimum atomic E-state index is -0.0897. The number of hydrogen-bond donors (Lipinski definition) is 1. The predicted octanol–water partition coefficient (Wildman–Crippen LogP) is 4.34. The zero-order valence-electron chi connectivity index (χ0n) is 12.6. The van der Waals surface area contributed by atoms with Crippen LogP contribution in [0.4, 0.5) is 0 Å². The summed E-state index contributed by atoms with van der Waals surface area (Å²) >= 11 is 5.91. The van der Waals surface area contributed by atoms with Crippen LogP contribution in [0, 0.1) is 6.92 Å². The fraction of sp³-hybridized carbons (Fsp3) is 0.353. The summed E-state index contributed by atoms with van der Waals surface area (Å²) in [5.74, 6) is 0.553. The smallest absolute Gasteiger partial charge is 0.254 e. The van der Waals surface area contributed by atoms with E-state index in [4.69, 9.17) is 16.0 Å². The van der Waals surface area contributed by atoms with Gasteiger partial charge in [-0.2, -0.15) is 0 Å². The molecule has 1 heterocycles. The van der Waals surface area contributed by atoms with Crippen LogP contribution in [0.25, 0.3) is 0 Å². The Hall–Kier alpha value is -1.74. The van der Waals surface area contributed by atoms with Crippen LogP contribution in [0.3, 0.4) is 0 Å². The average Bonchev–Trinajstić information content (AvgIpc) is 2.85. The van der Waals surface area contributed by atoms with Crippen molar-refractivity contribution in [1.82, 2.24) is 5.32 Å². The Morgan fingerprint density at radius 1 is 1.24 bits per heavy atom. The molecule has 0 aliphatic carbocycles. The molecular formula is C17H20ClNO2. The first-order chi connectivity index (χ1) is 9.90. The Morgan fingerprint density at radius 2 is 1.90 bits per heavy atom. The van der Waals surface area contributed by atoms with E-state index in [1.807, 2.05) is 24.3 Å². The van der Waals surface area contributed by atoms with Gasteiger partial charge in [0, 0.05) is 11.6 Å². The molecule has 1 N–H and O–H groups in total. The number of benzene rings is 1. The molecule has 4 heteroatoms. The second kappa shape index (κ2) is 6.35. The molecule has 1 aromatic heterocycles. The number of carbonyl (C=O) groups is 1. The number of hydrogen-bond acceptors (Lipinski definition) is 2. The molecule has 0 radical (unpaired) electrons. The lowest BCUT2D eigenvalue weighted by molar-refractivity contribution is 0.0949. The number of furan rings is 1. The summed E-state index contributed by atoms with van der Waals surface area (Å²) in [6, 6.07) is 9.54. The van der Waals surface area contributed by atoms with E-state index in [2.05, 4.69) is 19.2 Å². The molecule has 0 unspecified atom stereocenters. The summed E-state index contributed by atoms with van der Waals surface area (Å²) < 4.78 is 5.14. The molecule has 0 bridgehead atoms. The van der Waals surface area contributed by atoms with Gasteiger partial charge in [-0.25, -0.2) is 0 Å². The van der Waals surface area contributed by atoms with Crippen molar-refractivity contribution < 1.29 is 9.21 Å². The molecule has 2 aromatic rings. The van der Waals surface area contributed by atoms with Gasteiger partial charge in [-0.05, 0) is 42.5 Å². The predicted molar refractivity (Wildman–Crippen MR) is 84.9 cm³/mol. The number of rotatable bonds is 5. The maximum absolute atomic E-state index is 12.0. The Morgan fingerprint density at radius 3 is 2.48 bits per heavy atom. The lowest BCUT2D eigenvalue weighted by atomic mass is 9.81. The van der Waals surface area contributed by atoms with Crippen LogP contribution in [0.2, 0.25) is 5.02 Å². The largest absolute Gasteiger partial charge is 0.469 e. The minimum Gasteiger partial charge on any atom is -0.469 e. The first-order valence-electron chi connectivity index (χ1n) is 6.98. The van der Waals surface area contributed by atoms with Crippen LogP contribution in [0.1, 0.15) is 41.9 Å². The summed E-state index contributed by atoms with van der Waals surface area (Å²) in [7, 11) is 0. The second-order valence-corrected chi connectivity index (χ2v) is 6.22. The average molecular weight is 306 g/mol. The molecule has 3 nitrogen and oxygen atoms in total. The van der Waals surface area contributed by atoms with E-state index in [0.29, 0.717) is 17.9 Å². The van der Waals surface area contributed by atoms with Gasteiger partial charge in [-0.15, -0.1) is 0 Å². The molecule has 21 heavy (non-hydrogen) atoms. The molecule has 0 atom stereocenters. The summed E-state index contributed by atoms with van der Waals surface area (Å²) in [4.78, 5) is 12.0. The Labute approximate surface area is 130 Å². The Balaban J connectivity index is 1.92. The molecule has 0 saturated heterocycles. The van der Waals surface area contributed by atoms with Gasteiger partial charge in [0.15, 0.2) is 0 Å². The quantitative estimate of drug-likeness (QED) is 0.893. The fourth-order valence-corrected chi connectivity index (χ4v) is 2.38. The molecular weight excluding hydrogens is 286 g/mol. The van der Waals surface area contributed by atoms with E-state index in [0.717, 1.165) is 11.4 Å². The number of aryl methyl sites for hydroxylation is 1. The highest BCUT2D eigenvalue weighted by molar-refractivity contribution is 6.30. The third kappa shape index (κ3) is 3.88. The monoisotopic (exact) mass is 305 g/mol. The van der Waals surface area contributed by atoms with Crippen LogP contribution in [-0.4, -0.2) is 12.5 Å². The number of halogens is 1. The van der Waals surface area contributed by atoms with Gasteiger partial charge in [0.2, 0.25) is 0 Å². The molecule has 0 spiro atoms. The molecule has 1 amide bonds. The van der Waals surface area contributed by atoms with Crippen molar-refractivity contribution in [3.63, 3.8) is 0 Å². The number of carbonyl (C=O) groups excluding carboxylic acids is 1. The third-order valence-electron chi connectivity index (χ3n) is 3.76. The fourth-order valence-electron chi connectivity index (χ4n) is 2.25. The molecule has 0 aliphatic heterocycles. The van der Waals surface area contributed by atoms with Gasteiger partial charge in [0.05, 0.1) is 11.8 Å². The van der Waals surface area contributed by atoms with E-state index in [1.54, 1.807) is 13.0 Å². The third-order valence-corrected chi connectivity index (χ3v) is 4.02. The second-order valence-electron chi connectivity index (χ2n) is 5.79. The first kappa shape index (κ1) is 15.6. The van der Waals surface area contributed by atoms with E-state index in [-0.39, 0.29) is 11.3 Å². The van der Waals surface area contributed by atoms with E-state index in [9.17, 15) is 4.79 Å². The highest BCUT2D eigenvalue weighted by Gasteiger charge is 2.21. The molecule has 0 saturated carbocycles. The Kier molecular flexibility index (Phi) is 4.73. The first-order valence-corrected chi connectivity index (χ1v) is 7.36. The van der Waals surface area contributed by atoms with Gasteiger partial charge in [-0.3, -0.25) is 4.79 Å². The zero-order chi connectivity index (χ0) is 15.5. The van der Waals surface area contributed by atoms with Gasteiger partial charge in [-0.1, -0.05) is 37.6 Å². The zero-order valence-corrected chi connectivity index (χ0v) is 13.3. The van der Waals surface area contributed by atoms with Crippen LogP contribution in [0.5, 0.6) is 0 Å². The summed E-state index contributed by atoms with van der Waals surface area (Å²) in [6.45, 7) is 6.71. The summed E-state index contributed by atoms with van der Waals surface area (Å²) in [5, 5.41) is 3.67. The molecule has 2 rings (SSSR count). The Bertz CT molecular complexity index is 614. The number of nitrogens with one attached hydrogen (secondary N) is 1. The maximum Gasteiger partial charge on any atom is 0.254 e. The van der Waals surface area contributed by atoms with Crippen molar-refractivity contribution in [2.45, 2.75) is 32.6 Å². The van der Waals surface area contributed by atoms with Gasteiger partial charge < -0.3 is 9.73 Å². The normalized spacial score (nSPS) is 11.4. The van der Waals surface area contributed by atoms with E-state index < -0.39 is 0 Å². The highest BCUT2D eigenvalue weighted by atomic mass is 35.5. The van der Waals surface area contributed by atoms with Crippen molar-refractivity contribution in [3.05, 3.63) is 58.5 Å². The van der Waals surface area contributed by atoms with Gasteiger partial charge >= 0.3 is 0 Å². The van der Waals surface area contributed by atoms with Crippen LogP contribution in [0.15, 0.2) is 41.0 Å². The van der Waals surface area contributed by atoms with E-state index in [1.165, 1.54) is 11.8 Å². The van der Waals surface area contributed by atoms with Crippen molar-refractivity contribution in [3.8, 4) is 0 Å². The highest BCUT2D eigenvalue weighted by Crippen LogP contribution is 2.27. The lowest BCUT2D eigenvalue weighted by Crippen LogP contribution is -2.30. The maximum atomic E-state index is 12.0. The summed E-state index contributed by atoms with van der Waals surface area (Å²) in [5.41, 5.74) is 1.78. The van der Waals surface area contributed by atoms with Gasteiger partial charge in [0.25, 0.3) is 5.91 Å². The molecule has 0 aliphatic rings. The van der Waals surface area contributed by atoms with Crippen LogP contribution >= 0.6 is 11.6 Å². The van der Waals surface area contributed by atoms with Crippen LogP contribution < -0.4 is 5.32 Å². The summed E-state index contributed by atoms with van der Waals surface area (Å²) in [6.07, 6.45) is 2.37. The molecule has 0 fully saturated rings. The molecule has 1 aromatic carbocycles. The topological polar surface area (TPSA) is 42.2 Å². The van der Waals surface area contributed by atoms with Crippen molar-refractivity contribution in [1.29, 1.82) is 0 Å². The van der Waals surface area contributed by atoms with Crippen molar-refractivity contribution in [2.75, 3.05) is 6.54 Å². The number of amides is 1. The minimum absolute atomic E-state index is 0.0245. The lowest BCUT2D eigenvalue weighted by Gasteiger charge is -2.25. The van der Waals surface area contributed by atoms with E-state index >= 15 is 0 Å². The van der Waals surface area contributed by atoms with Crippen molar-refractivity contribution >= 4 is 17.5 Å². The standard InChI is InChI=1S/C17H20ClNO2/c1-12-15(8-11-21-12)16(20)19-10-9-17(2,3)13-4-6-14(18)7-5-13/h4-8,11H,9-10H2,1-3H3,(H,19,20). The SMILES string of the molecule is Cc1occc1C(=O)NCCC(C)(C)c1ccc(Cl)cc1.